The molecular weight excluding hydrogens is 184 g/mol. The molecule has 1 heterocycles. The maximum absolute atomic E-state index is 9.48. The van der Waals surface area contributed by atoms with E-state index < -0.39 is 0 Å². The van der Waals surface area contributed by atoms with Crippen molar-refractivity contribution in [3.63, 3.8) is 0 Å². The Morgan fingerprint density at radius 3 is 2.71 bits per heavy atom. The summed E-state index contributed by atoms with van der Waals surface area (Å²) >= 11 is 0. The molecule has 2 aromatic rings. The molecule has 0 saturated carbocycles. The van der Waals surface area contributed by atoms with E-state index in [2.05, 4.69) is 15.2 Å². The largest absolute Gasteiger partial charge is 0.504 e. The van der Waals surface area contributed by atoms with Gasteiger partial charge in [0.15, 0.2) is 17.3 Å². The van der Waals surface area contributed by atoms with E-state index >= 15 is 0 Å². The van der Waals surface area contributed by atoms with E-state index in [0.29, 0.717) is 11.4 Å². The molecule has 0 bridgehead atoms. The fourth-order valence-electron chi connectivity index (χ4n) is 1.12. The van der Waals surface area contributed by atoms with Crippen LogP contribution in [0.25, 0.3) is 11.4 Å². The molecule has 0 aliphatic rings. The number of nitrogen functional groups attached to an aromatic ring is 1. The van der Waals surface area contributed by atoms with Crippen LogP contribution in [-0.4, -0.2) is 25.4 Å². The summed E-state index contributed by atoms with van der Waals surface area (Å²) in [5.74, 6) is -0.0558. The summed E-state index contributed by atoms with van der Waals surface area (Å²) in [4.78, 5) is 3.82. The van der Waals surface area contributed by atoms with Crippen LogP contribution in [0.2, 0.25) is 0 Å². The average Bonchev–Trinajstić information content (AvgIpc) is 2.57. The maximum atomic E-state index is 9.48. The van der Waals surface area contributed by atoms with Crippen molar-refractivity contribution in [2.75, 3.05) is 5.73 Å². The van der Waals surface area contributed by atoms with E-state index in [1.54, 1.807) is 12.1 Å². The first-order valence-corrected chi connectivity index (χ1v) is 3.87. The number of nitrogens with two attached hydrogens (primary N) is 1. The van der Waals surface area contributed by atoms with E-state index in [9.17, 15) is 10.2 Å². The molecule has 0 amide bonds. The van der Waals surface area contributed by atoms with Gasteiger partial charge in [-0.2, -0.15) is 4.98 Å². The lowest BCUT2D eigenvalue weighted by molar-refractivity contribution is 0.405. The van der Waals surface area contributed by atoms with Crippen LogP contribution in [0, 0.1) is 0 Å². The molecule has 0 saturated heterocycles. The lowest BCUT2D eigenvalue weighted by Crippen LogP contribution is -1.85. The highest BCUT2D eigenvalue weighted by Crippen LogP contribution is 2.34. The van der Waals surface area contributed by atoms with Crippen molar-refractivity contribution < 1.29 is 10.2 Å². The summed E-state index contributed by atoms with van der Waals surface area (Å²) in [5, 5.41) is 24.9. The summed E-state index contributed by atoms with van der Waals surface area (Å²) in [7, 11) is 0. The third-order valence-electron chi connectivity index (χ3n) is 1.77. The van der Waals surface area contributed by atoms with Crippen LogP contribution in [0.4, 0.5) is 5.95 Å². The van der Waals surface area contributed by atoms with Crippen LogP contribution >= 0.6 is 0 Å². The Balaban J connectivity index is 2.57. The van der Waals surface area contributed by atoms with E-state index in [-0.39, 0.29) is 17.4 Å². The second-order valence-corrected chi connectivity index (χ2v) is 2.72. The van der Waals surface area contributed by atoms with Gasteiger partial charge in [0.25, 0.3) is 0 Å². The van der Waals surface area contributed by atoms with Gasteiger partial charge in [-0.1, -0.05) is 6.07 Å². The zero-order valence-electron chi connectivity index (χ0n) is 7.10. The normalized spacial score (nSPS) is 10.3. The molecule has 72 valence electrons. The third-order valence-corrected chi connectivity index (χ3v) is 1.77. The van der Waals surface area contributed by atoms with Gasteiger partial charge in [0.05, 0.1) is 5.56 Å². The number of phenols is 2. The molecule has 0 fully saturated rings. The summed E-state index contributed by atoms with van der Waals surface area (Å²) in [6.45, 7) is 0. The van der Waals surface area contributed by atoms with Crippen LogP contribution in [0.3, 0.4) is 0 Å². The number of rotatable bonds is 1. The number of aromatic amines is 1. The van der Waals surface area contributed by atoms with Crippen molar-refractivity contribution in [2.24, 2.45) is 0 Å². The number of phenolic OH excluding ortho intramolecular Hbond substituents is 2. The van der Waals surface area contributed by atoms with Crippen molar-refractivity contribution >= 4 is 5.95 Å². The van der Waals surface area contributed by atoms with E-state index in [1.807, 2.05) is 0 Å². The molecule has 0 aliphatic heterocycles. The second-order valence-electron chi connectivity index (χ2n) is 2.72. The molecule has 1 aromatic carbocycles. The Bertz CT molecular complexity index is 466. The van der Waals surface area contributed by atoms with Crippen LogP contribution in [0.1, 0.15) is 0 Å². The smallest absolute Gasteiger partial charge is 0.239 e. The molecule has 0 unspecified atom stereocenters. The van der Waals surface area contributed by atoms with Gasteiger partial charge >= 0.3 is 0 Å². The first-order valence-electron chi connectivity index (χ1n) is 3.87. The molecule has 6 heteroatoms. The number of hydrogen-bond acceptors (Lipinski definition) is 5. The van der Waals surface area contributed by atoms with Crippen molar-refractivity contribution in [3.8, 4) is 22.9 Å². The summed E-state index contributed by atoms with van der Waals surface area (Å²) in [6.07, 6.45) is 0. The zero-order valence-corrected chi connectivity index (χ0v) is 7.10. The van der Waals surface area contributed by atoms with Crippen LogP contribution < -0.4 is 5.73 Å². The molecule has 1 aromatic heterocycles. The first kappa shape index (κ1) is 8.36. The lowest BCUT2D eigenvalue weighted by atomic mass is 10.2. The number of H-pyrrole nitrogens is 1. The SMILES string of the molecule is Nc1n[nH]c(-c2cccc(O)c2O)n1. The predicted octanol–water partition coefficient (Wildman–Crippen LogP) is 0.465. The monoisotopic (exact) mass is 192 g/mol. The van der Waals surface area contributed by atoms with E-state index in [0.717, 1.165) is 0 Å². The number of nitrogens with zero attached hydrogens (tertiary/aromatic N) is 2. The van der Waals surface area contributed by atoms with Crippen molar-refractivity contribution in [3.05, 3.63) is 18.2 Å². The molecule has 14 heavy (non-hydrogen) atoms. The molecule has 0 aliphatic carbocycles. The molecule has 6 nitrogen and oxygen atoms in total. The second kappa shape index (κ2) is 2.91. The van der Waals surface area contributed by atoms with E-state index in [4.69, 9.17) is 5.73 Å². The minimum absolute atomic E-state index is 0.0859. The number of benzene rings is 1. The van der Waals surface area contributed by atoms with Gasteiger partial charge in [0, 0.05) is 0 Å². The van der Waals surface area contributed by atoms with Crippen LogP contribution in [0.5, 0.6) is 11.5 Å². The number of hydrogen-bond donors (Lipinski definition) is 4. The summed E-state index contributed by atoms with van der Waals surface area (Å²) in [6, 6.07) is 4.55. The minimum atomic E-state index is -0.247. The lowest BCUT2D eigenvalue weighted by Gasteiger charge is -2.01. The Labute approximate surface area is 79.0 Å². The van der Waals surface area contributed by atoms with Gasteiger partial charge in [-0.25, -0.2) is 0 Å². The number of anilines is 1. The molecule has 0 spiro atoms. The molecule has 2 rings (SSSR count). The van der Waals surface area contributed by atoms with E-state index in [1.165, 1.54) is 6.07 Å². The zero-order chi connectivity index (χ0) is 10.1. The Kier molecular flexibility index (Phi) is 1.74. The fraction of sp³-hybridized carbons (Fsp3) is 0. The molecular formula is C8H8N4O2. The Morgan fingerprint density at radius 2 is 2.07 bits per heavy atom. The number of nitrogens with one attached hydrogen (secondary N) is 1. The maximum Gasteiger partial charge on any atom is 0.239 e. The van der Waals surface area contributed by atoms with Crippen LogP contribution in [-0.2, 0) is 0 Å². The quantitative estimate of drug-likeness (QED) is 0.491. The molecule has 5 N–H and O–H groups in total. The summed E-state index contributed by atoms with van der Waals surface area (Å²) < 4.78 is 0. The third kappa shape index (κ3) is 1.22. The predicted molar refractivity (Wildman–Crippen MR) is 49.6 cm³/mol. The van der Waals surface area contributed by atoms with Crippen molar-refractivity contribution in [2.45, 2.75) is 0 Å². The van der Waals surface area contributed by atoms with Crippen LogP contribution in [0.15, 0.2) is 18.2 Å². The Morgan fingerprint density at radius 1 is 1.29 bits per heavy atom. The standard InChI is InChI=1S/C8H8N4O2/c9-8-10-7(11-12-8)4-2-1-3-5(13)6(4)14/h1-3,13-14H,(H3,9,10,11,12). The van der Waals surface area contributed by atoms with Gasteiger partial charge in [-0.05, 0) is 12.1 Å². The van der Waals surface area contributed by atoms with Gasteiger partial charge in [-0.3, -0.25) is 5.10 Å². The van der Waals surface area contributed by atoms with Crippen molar-refractivity contribution in [1.29, 1.82) is 0 Å². The number of aromatic nitrogens is 3. The number of para-hydroxylation sites is 1. The van der Waals surface area contributed by atoms with Crippen molar-refractivity contribution in [1.82, 2.24) is 15.2 Å². The highest BCUT2D eigenvalue weighted by atomic mass is 16.3. The fourth-order valence-corrected chi connectivity index (χ4v) is 1.12. The summed E-state index contributed by atoms with van der Waals surface area (Å²) in [5.41, 5.74) is 5.66. The average molecular weight is 192 g/mol. The minimum Gasteiger partial charge on any atom is -0.504 e. The van der Waals surface area contributed by atoms with Gasteiger partial charge in [-0.15, -0.1) is 5.10 Å². The molecule has 0 radical (unpaired) electrons. The molecule has 0 atom stereocenters. The topological polar surface area (TPSA) is 108 Å². The highest BCUT2D eigenvalue weighted by molar-refractivity contribution is 5.67. The Hall–Kier alpha value is -2.24. The first-order chi connectivity index (χ1) is 6.68. The number of aromatic hydroxyl groups is 2. The van der Waals surface area contributed by atoms with Gasteiger partial charge in [0.1, 0.15) is 0 Å². The van der Waals surface area contributed by atoms with Gasteiger partial charge in [0.2, 0.25) is 5.95 Å². The highest BCUT2D eigenvalue weighted by Gasteiger charge is 2.11. The van der Waals surface area contributed by atoms with Gasteiger partial charge < -0.3 is 15.9 Å².